The van der Waals surface area contributed by atoms with Gasteiger partial charge in [-0.05, 0) is 48.0 Å². The van der Waals surface area contributed by atoms with Crippen molar-refractivity contribution in [1.82, 2.24) is 5.32 Å². The maximum absolute atomic E-state index is 13.5. The van der Waals surface area contributed by atoms with E-state index in [1.54, 1.807) is 0 Å². The van der Waals surface area contributed by atoms with Crippen LogP contribution in [0.3, 0.4) is 0 Å². The minimum atomic E-state index is -0.776. The van der Waals surface area contributed by atoms with E-state index in [1.165, 1.54) is 73.8 Å². The predicted molar refractivity (Wildman–Crippen MR) is 122 cm³/mol. The Labute approximate surface area is 192 Å². The van der Waals surface area contributed by atoms with Crippen molar-refractivity contribution >= 4 is 40.9 Å². The molecule has 0 aliphatic rings. The van der Waals surface area contributed by atoms with Gasteiger partial charge in [0.15, 0.2) is 0 Å². The molecule has 0 bridgehead atoms. The van der Waals surface area contributed by atoms with E-state index in [4.69, 9.17) is 16.3 Å². The van der Waals surface area contributed by atoms with Gasteiger partial charge in [0, 0.05) is 22.8 Å². The molecule has 33 heavy (non-hydrogen) atoms. The molecule has 0 atom stereocenters. The second-order valence-corrected chi connectivity index (χ2v) is 7.11. The molecule has 0 radical (unpaired) electrons. The van der Waals surface area contributed by atoms with Crippen LogP contribution in [-0.4, -0.2) is 23.8 Å². The van der Waals surface area contributed by atoms with Crippen molar-refractivity contribution in [2.45, 2.75) is 0 Å². The van der Waals surface area contributed by atoms with Crippen LogP contribution < -0.4 is 15.4 Å². The minimum absolute atomic E-state index is 0.0634. The molecule has 0 saturated heterocycles. The van der Waals surface area contributed by atoms with Crippen molar-refractivity contribution in [3.8, 4) is 5.75 Å². The zero-order chi connectivity index (χ0) is 24.0. The van der Waals surface area contributed by atoms with Crippen LogP contribution in [0.1, 0.15) is 15.9 Å². The van der Waals surface area contributed by atoms with E-state index >= 15 is 0 Å². The van der Waals surface area contributed by atoms with Crippen LogP contribution >= 0.6 is 11.6 Å². The molecule has 0 aliphatic carbocycles. The Kier molecular flexibility index (Phi) is 7.37. The van der Waals surface area contributed by atoms with Crippen LogP contribution in [-0.2, 0) is 4.79 Å². The van der Waals surface area contributed by atoms with Crippen molar-refractivity contribution in [2.24, 2.45) is 0 Å². The molecule has 0 unspecified atom stereocenters. The number of rotatable bonds is 7. The van der Waals surface area contributed by atoms with Crippen LogP contribution in [0, 0.1) is 15.9 Å². The molecule has 2 amide bonds. The number of halogens is 2. The molecule has 0 heterocycles. The van der Waals surface area contributed by atoms with Gasteiger partial charge in [-0.15, -0.1) is 0 Å². The van der Waals surface area contributed by atoms with Crippen LogP contribution in [0.5, 0.6) is 5.75 Å². The van der Waals surface area contributed by atoms with Crippen LogP contribution in [0.25, 0.3) is 6.08 Å². The number of benzene rings is 3. The highest BCUT2D eigenvalue weighted by molar-refractivity contribution is 6.31. The molecule has 10 heteroatoms. The van der Waals surface area contributed by atoms with E-state index in [1.807, 2.05) is 0 Å². The lowest BCUT2D eigenvalue weighted by molar-refractivity contribution is -0.384. The summed E-state index contributed by atoms with van der Waals surface area (Å²) in [4.78, 5) is 36.4. The lowest BCUT2D eigenvalue weighted by atomic mass is 10.1. The molecule has 0 spiro atoms. The number of anilines is 1. The fraction of sp³-hybridized carbons (Fsp3) is 0.0435. The van der Waals surface area contributed by atoms with E-state index in [0.717, 1.165) is 6.07 Å². The summed E-state index contributed by atoms with van der Waals surface area (Å²) in [6, 6.07) is 15.1. The summed E-state index contributed by atoms with van der Waals surface area (Å²) in [5.74, 6) is -1.83. The van der Waals surface area contributed by atoms with Gasteiger partial charge in [-0.3, -0.25) is 19.7 Å². The Bertz CT molecular complexity index is 1260. The van der Waals surface area contributed by atoms with Crippen molar-refractivity contribution in [2.75, 3.05) is 12.4 Å². The molecule has 0 aromatic heterocycles. The highest BCUT2D eigenvalue weighted by Gasteiger charge is 2.19. The monoisotopic (exact) mass is 469 g/mol. The predicted octanol–water partition coefficient (Wildman–Crippen LogP) is 4.81. The van der Waals surface area contributed by atoms with Crippen molar-refractivity contribution in [1.29, 1.82) is 0 Å². The molecular weight excluding hydrogens is 453 g/mol. The quantitative estimate of drug-likeness (QED) is 0.293. The van der Waals surface area contributed by atoms with Gasteiger partial charge < -0.3 is 15.4 Å². The average Bonchev–Trinajstić information content (AvgIpc) is 2.78. The Balaban J connectivity index is 1.98. The number of hydrogen-bond donors (Lipinski definition) is 2. The third-order valence-corrected chi connectivity index (χ3v) is 4.61. The zero-order valence-electron chi connectivity index (χ0n) is 17.2. The number of methoxy groups -OCH3 is 1. The molecule has 3 aromatic carbocycles. The normalized spacial score (nSPS) is 10.9. The summed E-state index contributed by atoms with van der Waals surface area (Å²) in [5, 5.41) is 16.3. The number of nitro benzene ring substituents is 1. The van der Waals surface area contributed by atoms with E-state index in [2.05, 4.69) is 10.6 Å². The SMILES string of the molecule is COc1ccc(Cl)cc1C(=O)N/C(=C/c1cccc([N+](=O)[O-])c1)C(=O)Nc1cccc(F)c1. The van der Waals surface area contributed by atoms with Crippen LogP contribution in [0.4, 0.5) is 15.8 Å². The second-order valence-electron chi connectivity index (χ2n) is 6.67. The molecule has 0 saturated carbocycles. The van der Waals surface area contributed by atoms with E-state index in [-0.39, 0.29) is 39.0 Å². The Hall–Kier alpha value is -4.24. The lowest BCUT2D eigenvalue weighted by Crippen LogP contribution is -2.31. The fourth-order valence-electron chi connectivity index (χ4n) is 2.87. The third kappa shape index (κ3) is 6.14. The first-order valence-electron chi connectivity index (χ1n) is 9.45. The number of ether oxygens (including phenoxy) is 1. The first-order valence-corrected chi connectivity index (χ1v) is 9.82. The summed E-state index contributed by atoms with van der Waals surface area (Å²) in [5.41, 5.74) is 0.0586. The standard InChI is InChI=1S/C23H17ClFN3O5/c1-33-21-9-8-15(24)12-19(21)22(29)27-20(11-14-4-2-7-18(10-14)28(31)32)23(30)26-17-6-3-5-16(25)13-17/h2-13H,1H3,(H,26,30)(H,27,29)/b20-11+. The topological polar surface area (TPSA) is 111 Å². The largest absolute Gasteiger partial charge is 0.496 e. The van der Waals surface area contributed by atoms with Gasteiger partial charge in [-0.2, -0.15) is 0 Å². The number of amides is 2. The van der Waals surface area contributed by atoms with Gasteiger partial charge in [0.1, 0.15) is 17.3 Å². The molecule has 8 nitrogen and oxygen atoms in total. The van der Waals surface area contributed by atoms with Crippen LogP contribution in [0.15, 0.2) is 72.4 Å². The Morgan fingerprint density at radius 1 is 1.09 bits per heavy atom. The second kappa shape index (κ2) is 10.4. The summed E-state index contributed by atoms with van der Waals surface area (Å²) in [7, 11) is 1.37. The number of nitrogens with one attached hydrogen (secondary N) is 2. The van der Waals surface area contributed by atoms with Crippen molar-refractivity contribution in [3.63, 3.8) is 0 Å². The minimum Gasteiger partial charge on any atom is -0.496 e. The van der Waals surface area contributed by atoms with Gasteiger partial charge in [-0.1, -0.05) is 29.8 Å². The van der Waals surface area contributed by atoms with Crippen LogP contribution in [0.2, 0.25) is 5.02 Å². The summed E-state index contributed by atoms with van der Waals surface area (Å²) in [6.45, 7) is 0. The molecule has 0 aliphatic heterocycles. The molecule has 2 N–H and O–H groups in total. The number of hydrogen-bond acceptors (Lipinski definition) is 5. The van der Waals surface area contributed by atoms with E-state index < -0.39 is 22.6 Å². The van der Waals surface area contributed by atoms with Crippen molar-refractivity contribution < 1.29 is 23.6 Å². The van der Waals surface area contributed by atoms with Gasteiger partial charge in [0.2, 0.25) is 0 Å². The molecular formula is C23H17ClFN3O5. The summed E-state index contributed by atoms with van der Waals surface area (Å²) in [6.07, 6.45) is 1.26. The highest BCUT2D eigenvalue weighted by Crippen LogP contribution is 2.23. The van der Waals surface area contributed by atoms with Gasteiger partial charge in [-0.25, -0.2) is 4.39 Å². The maximum atomic E-state index is 13.5. The Morgan fingerprint density at radius 3 is 2.55 bits per heavy atom. The van der Waals surface area contributed by atoms with Gasteiger partial charge >= 0.3 is 0 Å². The first-order chi connectivity index (χ1) is 15.8. The van der Waals surface area contributed by atoms with Crippen molar-refractivity contribution in [3.05, 3.63) is 105 Å². The Morgan fingerprint density at radius 2 is 1.85 bits per heavy atom. The van der Waals surface area contributed by atoms with Gasteiger partial charge in [0.25, 0.3) is 17.5 Å². The number of non-ortho nitro benzene ring substituents is 1. The molecule has 3 rings (SSSR count). The number of nitrogens with zero attached hydrogens (tertiary/aromatic N) is 1. The molecule has 3 aromatic rings. The summed E-state index contributed by atoms with van der Waals surface area (Å²) < 4.78 is 18.7. The summed E-state index contributed by atoms with van der Waals surface area (Å²) >= 11 is 5.99. The lowest BCUT2D eigenvalue weighted by Gasteiger charge is -2.13. The number of carbonyl (C=O) groups is 2. The third-order valence-electron chi connectivity index (χ3n) is 4.37. The van der Waals surface area contributed by atoms with E-state index in [0.29, 0.717) is 0 Å². The first kappa shape index (κ1) is 23.4. The molecule has 0 fully saturated rings. The number of carbonyl (C=O) groups excluding carboxylic acids is 2. The molecule has 168 valence electrons. The smallest absolute Gasteiger partial charge is 0.272 e. The fourth-order valence-corrected chi connectivity index (χ4v) is 3.04. The highest BCUT2D eigenvalue weighted by atomic mass is 35.5. The maximum Gasteiger partial charge on any atom is 0.272 e. The number of nitro groups is 1. The zero-order valence-corrected chi connectivity index (χ0v) is 17.9. The van der Waals surface area contributed by atoms with E-state index in [9.17, 15) is 24.1 Å². The average molecular weight is 470 g/mol. The van der Waals surface area contributed by atoms with Gasteiger partial charge in [0.05, 0.1) is 17.6 Å².